The Morgan fingerprint density at radius 3 is 2.33 bits per heavy atom. The van der Waals surface area contributed by atoms with Crippen LogP contribution in [0.15, 0.2) is 48.5 Å². The van der Waals surface area contributed by atoms with Crippen molar-refractivity contribution in [1.29, 1.82) is 0 Å². The maximum Gasteiger partial charge on any atom is 0.430 e. The zero-order chi connectivity index (χ0) is 26.5. The summed E-state index contributed by atoms with van der Waals surface area (Å²) in [7, 11) is 2.83. The number of nitrogens with one attached hydrogen (secondary N) is 1. The minimum absolute atomic E-state index is 0.112. The molecule has 0 radical (unpaired) electrons. The second kappa shape index (κ2) is 11.5. The Balaban J connectivity index is 1.52. The van der Waals surface area contributed by atoms with E-state index in [1.807, 2.05) is 6.07 Å². The van der Waals surface area contributed by atoms with Gasteiger partial charge in [-0.3, -0.25) is 9.59 Å². The quantitative estimate of drug-likeness (QED) is 0.528. The minimum Gasteiger partial charge on any atom is -0.371 e. The lowest BCUT2D eigenvalue weighted by atomic mass is 9.90. The number of piperidine rings is 1. The second-order valence-electron chi connectivity index (χ2n) is 9.12. The summed E-state index contributed by atoms with van der Waals surface area (Å²) < 4.78 is 41.3. The standard InChI is InChI=1S/C26H31ClF3N3O3/c1-31-23(34)21-11-10-20(17-22(21)27)33-15-12-18(13-16-33)7-6-14-32(2)24(35)25(36,26(28,29)30)19-8-4-3-5-9-19/h3-5,8-11,17-18,36H,6-7,12-16H2,1-2H3,(H,31,34)/t25-/m1/s1. The first kappa shape index (κ1) is 27.8. The number of hydrogen-bond donors (Lipinski definition) is 2. The SMILES string of the molecule is CNC(=O)c1ccc(N2CCC(CCCN(C)C(=O)[C@](O)(c3ccccc3)C(F)(F)F)CC2)cc1Cl. The first-order valence-corrected chi connectivity index (χ1v) is 12.2. The smallest absolute Gasteiger partial charge is 0.371 e. The Morgan fingerprint density at radius 1 is 1.14 bits per heavy atom. The Labute approximate surface area is 214 Å². The van der Waals surface area contributed by atoms with Gasteiger partial charge in [0.05, 0.1) is 10.6 Å². The van der Waals surface area contributed by atoms with Crippen molar-refractivity contribution in [2.75, 3.05) is 38.6 Å². The Morgan fingerprint density at radius 2 is 1.78 bits per heavy atom. The largest absolute Gasteiger partial charge is 0.430 e. The van der Waals surface area contributed by atoms with Crippen molar-refractivity contribution < 1.29 is 27.9 Å². The highest BCUT2D eigenvalue weighted by Gasteiger charge is 2.61. The molecule has 1 saturated heterocycles. The fourth-order valence-corrected chi connectivity index (χ4v) is 4.84. The molecule has 1 atom stereocenters. The maximum atomic E-state index is 13.8. The lowest BCUT2D eigenvalue weighted by molar-refractivity contribution is -0.261. The van der Waals surface area contributed by atoms with E-state index >= 15 is 0 Å². The number of likely N-dealkylation sites (N-methyl/N-ethyl adjacent to an activating group) is 1. The van der Waals surface area contributed by atoms with Gasteiger partial charge in [0.2, 0.25) is 0 Å². The van der Waals surface area contributed by atoms with Gasteiger partial charge in [0.25, 0.3) is 17.4 Å². The van der Waals surface area contributed by atoms with E-state index in [4.69, 9.17) is 11.6 Å². The molecule has 0 unspecified atom stereocenters. The third kappa shape index (κ3) is 5.95. The van der Waals surface area contributed by atoms with Crippen LogP contribution in [-0.2, 0) is 10.4 Å². The molecule has 2 amide bonds. The summed E-state index contributed by atoms with van der Waals surface area (Å²) in [6, 6.07) is 11.8. The van der Waals surface area contributed by atoms with Gasteiger partial charge in [0, 0.05) is 45.0 Å². The van der Waals surface area contributed by atoms with E-state index in [1.165, 1.54) is 25.2 Å². The molecule has 2 aromatic carbocycles. The fraction of sp³-hybridized carbons (Fsp3) is 0.462. The molecule has 0 bridgehead atoms. The molecule has 10 heteroatoms. The summed E-state index contributed by atoms with van der Waals surface area (Å²) in [5.41, 5.74) is -2.72. The van der Waals surface area contributed by atoms with Crippen molar-refractivity contribution in [3.8, 4) is 0 Å². The number of benzene rings is 2. The molecule has 196 valence electrons. The van der Waals surface area contributed by atoms with Crippen LogP contribution in [0.2, 0.25) is 5.02 Å². The number of hydrogen-bond acceptors (Lipinski definition) is 4. The number of rotatable bonds is 8. The molecule has 0 spiro atoms. The van der Waals surface area contributed by atoms with E-state index in [2.05, 4.69) is 10.2 Å². The summed E-state index contributed by atoms with van der Waals surface area (Å²) in [6.45, 7) is 1.69. The van der Waals surface area contributed by atoms with Gasteiger partial charge >= 0.3 is 6.18 Å². The summed E-state index contributed by atoms with van der Waals surface area (Å²) in [5, 5.41) is 13.4. The van der Waals surface area contributed by atoms with Crippen molar-refractivity contribution in [2.45, 2.75) is 37.5 Å². The summed E-state index contributed by atoms with van der Waals surface area (Å²) >= 11 is 6.27. The van der Waals surface area contributed by atoms with E-state index in [0.717, 1.165) is 55.1 Å². The van der Waals surface area contributed by atoms with Gasteiger partial charge < -0.3 is 20.2 Å². The fourth-order valence-electron chi connectivity index (χ4n) is 4.58. The molecule has 0 aliphatic carbocycles. The topological polar surface area (TPSA) is 72.9 Å². The van der Waals surface area contributed by atoms with Crippen LogP contribution < -0.4 is 10.2 Å². The van der Waals surface area contributed by atoms with E-state index < -0.39 is 23.2 Å². The lowest BCUT2D eigenvalue weighted by Crippen LogP contribution is -2.55. The van der Waals surface area contributed by atoms with Gasteiger partial charge in [-0.25, -0.2) is 0 Å². The third-order valence-corrected chi connectivity index (χ3v) is 7.08. The van der Waals surface area contributed by atoms with Gasteiger partial charge in [-0.15, -0.1) is 0 Å². The molecular weight excluding hydrogens is 495 g/mol. The summed E-state index contributed by atoms with van der Waals surface area (Å²) in [4.78, 5) is 27.7. The highest BCUT2D eigenvalue weighted by atomic mass is 35.5. The van der Waals surface area contributed by atoms with Crippen molar-refractivity contribution in [3.05, 3.63) is 64.7 Å². The maximum absolute atomic E-state index is 13.8. The molecule has 2 aromatic rings. The van der Waals surface area contributed by atoms with E-state index in [9.17, 15) is 27.9 Å². The van der Waals surface area contributed by atoms with Crippen LogP contribution in [-0.4, -0.2) is 61.7 Å². The normalized spacial score (nSPS) is 16.4. The Hall–Kier alpha value is -2.78. The third-order valence-electron chi connectivity index (χ3n) is 6.77. The highest BCUT2D eigenvalue weighted by molar-refractivity contribution is 6.34. The minimum atomic E-state index is -5.14. The van der Waals surface area contributed by atoms with Crippen LogP contribution in [0.5, 0.6) is 0 Å². The molecular formula is C26H31ClF3N3O3. The predicted molar refractivity (Wildman–Crippen MR) is 133 cm³/mol. The molecule has 1 aliphatic heterocycles. The van der Waals surface area contributed by atoms with Crippen molar-refractivity contribution in [2.24, 2.45) is 5.92 Å². The van der Waals surface area contributed by atoms with Crippen LogP contribution in [0.3, 0.4) is 0 Å². The number of halogens is 4. The number of anilines is 1. The molecule has 3 rings (SSSR count). The molecule has 1 aliphatic rings. The van der Waals surface area contributed by atoms with E-state index in [1.54, 1.807) is 19.2 Å². The van der Waals surface area contributed by atoms with E-state index in [-0.39, 0.29) is 12.5 Å². The van der Waals surface area contributed by atoms with Gasteiger partial charge in [0.15, 0.2) is 0 Å². The molecule has 0 saturated carbocycles. The Kier molecular flexibility index (Phi) is 8.89. The average Bonchev–Trinajstić information content (AvgIpc) is 2.87. The van der Waals surface area contributed by atoms with Gasteiger partial charge in [-0.05, 0) is 49.8 Å². The number of alkyl halides is 3. The van der Waals surface area contributed by atoms with Crippen LogP contribution in [0.4, 0.5) is 18.9 Å². The van der Waals surface area contributed by atoms with Gasteiger partial charge in [-0.1, -0.05) is 41.9 Å². The van der Waals surface area contributed by atoms with Gasteiger partial charge in [-0.2, -0.15) is 13.2 Å². The number of nitrogens with zero attached hydrogens (tertiary/aromatic N) is 2. The molecule has 0 aromatic heterocycles. The summed E-state index contributed by atoms with van der Waals surface area (Å²) in [6.07, 6.45) is -2.07. The number of carbonyl (C=O) groups is 2. The van der Waals surface area contributed by atoms with E-state index in [0.29, 0.717) is 22.9 Å². The average molecular weight is 526 g/mol. The Bertz CT molecular complexity index is 1060. The van der Waals surface area contributed by atoms with Crippen molar-refractivity contribution in [3.63, 3.8) is 0 Å². The molecule has 1 heterocycles. The van der Waals surface area contributed by atoms with Crippen LogP contribution in [0.25, 0.3) is 0 Å². The highest BCUT2D eigenvalue weighted by Crippen LogP contribution is 2.40. The zero-order valence-electron chi connectivity index (χ0n) is 20.3. The predicted octanol–water partition coefficient (Wildman–Crippen LogP) is 4.60. The first-order chi connectivity index (χ1) is 17.0. The van der Waals surface area contributed by atoms with Crippen molar-refractivity contribution in [1.82, 2.24) is 10.2 Å². The number of carbonyl (C=O) groups excluding carboxylic acids is 2. The molecule has 6 nitrogen and oxygen atoms in total. The number of aliphatic hydroxyl groups is 1. The lowest BCUT2D eigenvalue weighted by Gasteiger charge is -2.35. The molecule has 2 N–H and O–H groups in total. The van der Waals surface area contributed by atoms with Crippen molar-refractivity contribution >= 4 is 29.1 Å². The van der Waals surface area contributed by atoms with Gasteiger partial charge in [0.1, 0.15) is 0 Å². The van der Waals surface area contributed by atoms with Crippen LogP contribution in [0, 0.1) is 5.92 Å². The second-order valence-corrected chi connectivity index (χ2v) is 9.52. The summed E-state index contributed by atoms with van der Waals surface area (Å²) in [5.74, 6) is -1.25. The zero-order valence-corrected chi connectivity index (χ0v) is 21.1. The molecule has 36 heavy (non-hydrogen) atoms. The monoisotopic (exact) mass is 525 g/mol. The van der Waals surface area contributed by atoms with Crippen LogP contribution >= 0.6 is 11.6 Å². The number of amides is 2. The first-order valence-electron chi connectivity index (χ1n) is 11.9. The molecule has 1 fully saturated rings. The van der Waals surface area contributed by atoms with Crippen LogP contribution in [0.1, 0.15) is 41.6 Å².